The van der Waals surface area contributed by atoms with Gasteiger partial charge in [-0.05, 0) is 36.8 Å². The predicted molar refractivity (Wildman–Crippen MR) is 91.2 cm³/mol. The van der Waals surface area contributed by atoms with Gasteiger partial charge in [-0.3, -0.25) is 4.79 Å². The molecule has 0 unspecified atom stereocenters. The molecule has 0 atom stereocenters. The Kier molecular flexibility index (Phi) is 4.00. The Morgan fingerprint density at radius 1 is 1.05 bits per heavy atom. The molecule has 0 spiro atoms. The summed E-state index contributed by atoms with van der Waals surface area (Å²) in [6.45, 7) is 4.71. The van der Waals surface area contributed by atoms with Crippen molar-refractivity contribution in [3.05, 3.63) is 54.1 Å². The first kappa shape index (κ1) is 14.4. The predicted octanol–water partition coefficient (Wildman–Crippen LogP) is 2.68. The number of nitrogens with two attached hydrogens (primary N) is 1. The lowest BCUT2D eigenvalue weighted by Gasteiger charge is -2.37. The van der Waals surface area contributed by atoms with E-state index in [0.29, 0.717) is 6.42 Å². The van der Waals surface area contributed by atoms with Crippen LogP contribution in [0.2, 0.25) is 0 Å². The van der Waals surface area contributed by atoms with Crippen molar-refractivity contribution in [1.29, 1.82) is 0 Å². The summed E-state index contributed by atoms with van der Waals surface area (Å²) in [5, 5.41) is 0. The number of amides is 1. The molecule has 1 aliphatic heterocycles. The molecule has 4 nitrogen and oxygen atoms in total. The van der Waals surface area contributed by atoms with Crippen LogP contribution in [0.3, 0.4) is 0 Å². The van der Waals surface area contributed by atoms with Gasteiger partial charge in [0.2, 0.25) is 5.91 Å². The van der Waals surface area contributed by atoms with Crippen molar-refractivity contribution in [1.82, 2.24) is 0 Å². The third-order valence-corrected chi connectivity index (χ3v) is 4.12. The van der Waals surface area contributed by atoms with Gasteiger partial charge in [0.05, 0.1) is 17.8 Å². The Morgan fingerprint density at radius 2 is 1.73 bits per heavy atom. The summed E-state index contributed by atoms with van der Waals surface area (Å²) in [7, 11) is 0. The molecule has 0 aromatic heterocycles. The molecule has 2 aromatic carbocycles. The summed E-state index contributed by atoms with van der Waals surface area (Å²) in [6, 6.07) is 15.6. The van der Waals surface area contributed by atoms with E-state index in [1.165, 1.54) is 0 Å². The van der Waals surface area contributed by atoms with E-state index in [2.05, 4.69) is 17.9 Å². The van der Waals surface area contributed by atoms with Gasteiger partial charge in [0.1, 0.15) is 0 Å². The second-order valence-electron chi connectivity index (χ2n) is 5.53. The van der Waals surface area contributed by atoms with Gasteiger partial charge in [0.15, 0.2) is 0 Å². The Hall–Kier alpha value is -2.49. The number of hydrogen-bond acceptors (Lipinski definition) is 3. The Labute approximate surface area is 131 Å². The van der Waals surface area contributed by atoms with Gasteiger partial charge in [-0.1, -0.05) is 24.3 Å². The first-order chi connectivity index (χ1) is 10.7. The minimum atomic E-state index is 0.132. The molecule has 0 radical (unpaired) electrons. The second kappa shape index (κ2) is 6.10. The number of nitrogens with zero attached hydrogens (tertiary/aromatic N) is 2. The van der Waals surface area contributed by atoms with Crippen molar-refractivity contribution in [2.24, 2.45) is 0 Å². The van der Waals surface area contributed by atoms with E-state index in [0.717, 1.165) is 42.3 Å². The van der Waals surface area contributed by atoms with Gasteiger partial charge in [0.25, 0.3) is 0 Å². The SMILES string of the molecule is CCN1CCN(C(=O)Cc2ccc(N)cc2)c2ccccc21. The average Bonchev–Trinajstić information content (AvgIpc) is 2.56. The molecule has 2 N–H and O–H groups in total. The fourth-order valence-corrected chi connectivity index (χ4v) is 2.91. The van der Waals surface area contributed by atoms with Crippen LogP contribution >= 0.6 is 0 Å². The highest BCUT2D eigenvalue weighted by Crippen LogP contribution is 2.32. The molecular weight excluding hydrogens is 274 g/mol. The largest absolute Gasteiger partial charge is 0.399 e. The van der Waals surface area contributed by atoms with Crippen molar-refractivity contribution in [3.63, 3.8) is 0 Å². The molecule has 1 heterocycles. The molecule has 22 heavy (non-hydrogen) atoms. The maximum atomic E-state index is 12.7. The first-order valence-corrected chi connectivity index (χ1v) is 7.68. The highest BCUT2D eigenvalue weighted by atomic mass is 16.2. The highest BCUT2D eigenvalue weighted by Gasteiger charge is 2.25. The molecule has 0 saturated heterocycles. The van der Waals surface area contributed by atoms with Crippen LogP contribution in [-0.2, 0) is 11.2 Å². The van der Waals surface area contributed by atoms with E-state index in [1.807, 2.05) is 47.4 Å². The molecule has 1 aliphatic rings. The van der Waals surface area contributed by atoms with Crippen molar-refractivity contribution in [3.8, 4) is 0 Å². The Bertz CT molecular complexity index is 666. The van der Waals surface area contributed by atoms with Crippen molar-refractivity contribution >= 4 is 23.0 Å². The smallest absolute Gasteiger partial charge is 0.231 e. The number of nitrogen functional groups attached to an aromatic ring is 1. The molecule has 4 heteroatoms. The van der Waals surface area contributed by atoms with Gasteiger partial charge in [-0.2, -0.15) is 0 Å². The van der Waals surface area contributed by atoms with E-state index < -0.39 is 0 Å². The quantitative estimate of drug-likeness (QED) is 0.886. The summed E-state index contributed by atoms with van der Waals surface area (Å²) < 4.78 is 0. The molecule has 114 valence electrons. The summed E-state index contributed by atoms with van der Waals surface area (Å²) in [4.78, 5) is 16.9. The number of carbonyl (C=O) groups excluding carboxylic acids is 1. The fraction of sp³-hybridized carbons (Fsp3) is 0.278. The van der Waals surface area contributed by atoms with Gasteiger partial charge in [0, 0.05) is 25.3 Å². The third kappa shape index (κ3) is 2.77. The van der Waals surface area contributed by atoms with Crippen LogP contribution in [0.25, 0.3) is 0 Å². The summed E-state index contributed by atoms with van der Waals surface area (Å²) in [5.74, 6) is 0.132. The third-order valence-electron chi connectivity index (χ3n) is 4.12. The number of likely N-dealkylation sites (N-methyl/N-ethyl adjacent to an activating group) is 1. The van der Waals surface area contributed by atoms with Gasteiger partial charge in [-0.15, -0.1) is 0 Å². The number of fused-ring (bicyclic) bond motifs is 1. The maximum absolute atomic E-state index is 12.7. The number of carbonyl (C=O) groups is 1. The first-order valence-electron chi connectivity index (χ1n) is 7.68. The van der Waals surface area contributed by atoms with Crippen molar-refractivity contribution in [2.45, 2.75) is 13.3 Å². The maximum Gasteiger partial charge on any atom is 0.231 e. The number of hydrogen-bond donors (Lipinski definition) is 1. The summed E-state index contributed by atoms with van der Waals surface area (Å²) >= 11 is 0. The molecule has 2 aromatic rings. The Morgan fingerprint density at radius 3 is 2.41 bits per heavy atom. The topological polar surface area (TPSA) is 49.6 Å². The lowest BCUT2D eigenvalue weighted by molar-refractivity contribution is -0.118. The lowest BCUT2D eigenvalue weighted by Crippen LogP contribution is -2.44. The van der Waals surface area contributed by atoms with E-state index in [1.54, 1.807) is 0 Å². The zero-order valence-electron chi connectivity index (χ0n) is 12.8. The van der Waals surface area contributed by atoms with Crippen molar-refractivity contribution < 1.29 is 4.79 Å². The average molecular weight is 295 g/mol. The van der Waals surface area contributed by atoms with E-state index in [4.69, 9.17) is 5.73 Å². The molecule has 0 saturated carbocycles. The second-order valence-corrected chi connectivity index (χ2v) is 5.53. The number of benzene rings is 2. The number of rotatable bonds is 3. The van der Waals surface area contributed by atoms with Gasteiger partial charge >= 0.3 is 0 Å². The minimum absolute atomic E-state index is 0.132. The van der Waals surface area contributed by atoms with Crippen LogP contribution in [0.15, 0.2) is 48.5 Å². The number of para-hydroxylation sites is 2. The van der Waals surface area contributed by atoms with Crippen LogP contribution in [0.4, 0.5) is 17.1 Å². The van der Waals surface area contributed by atoms with Crippen LogP contribution in [-0.4, -0.2) is 25.5 Å². The fourth-order valence-electron chi connectivity index (χ4n) is 2.91. The van der Waals surface area contributed by atoms with Crippen LogP contribution in [0.1, 0.15) is 12.5 Å². The number of anilines is 3. The van der Waals surface area contributed by atoms with Crippen LogP contribution < -0.4 is 15.5 Å². The molecule has 0 bridgehead atoms. The lowest BCUT2D eigenvalue weighted by atomic mass is 10.1. The highest BCUT2D eigenvalue weighted by molar-refractivity contribution is 5.98. The molecule has 0 aliphatic carbocycles. The molecular formula is C18H21N3O. The zero-order chi connectivity index (χ0) is 15.5. The van der Waals surface area contributed by atoms with Gasteiger partial charge < -0.3 is 15.5 Å². The van der Waals surface area contributed by atoms with Gasteiger partial charge in [-0.25, -0.2) is 0 Å². The summed E-state index contributed by atoms with van der Waals surface area (Å²) in [5.41, 5.74) is 9.56. The van der Waals surface area contributed by atoms with Crippen molar-refractivity contribution in [2.75, 3.05) is 35.2 Å². The molecule has 1 amide bonds. The van der Waals surface area contributed by atoms with E-state index in [-0.39, 0.29) is 5.91 Å². The Balaban J connectivity index is 1.82. The zero-order valence-corrected chi connectivity index (χ0v) is 12.8. The van der Waals surface area contributed by atoms with E-state index in [9.17, 15) is 4.79 Å². The van der Waals surface area contributed by atoms with Crippen LogP contribution in [0, 0.1) is 0 Å². The molecule has 3 rings (SSSR count). The minimum Gasteiger partial charge on any atom is -0.399 e. The van der Waals surface area contributed by atoms with E-state index >= 15 is 0 Å². The standard InChI is InChI=1S/C18H21N3O/c1-2-20-11-12-21(17-6-4-3-5-16(17)20)18(22)13-14-7-9-15(19)10-8-14/h3-10H,2,11-13,19H2,1H3. The monoisotopic (exact) mass is 295 g/mol. The normalized spacial score (nSPS) is 13.9. The van der Waals surface area contributed by atoms with Crippen LogP contribution in [0.5, 0.6) is 0 Å². The molecule has 0 fully saturated rings. The summed E-state index contributed by atoms with van der Waals surface area (Å²) in [6.07, 6.45) is 0.404.